The first-order valence-electron chi connectivity index (χ1n) is 6.38. The highest BCUT2D eigenvalue weighted by atomic mass is 32.1. The summed E-state index contributed by atoms with van der Waals surface area (Å²) < 4.78 is 0. The Kier molecular flexibility index (Phi) is 4.98. The summed E-state index contributed by atoms with van der Waals surface area (Å²) in [4.78, 5) is 14.9. The van der Waals surface area contributed by atoms with Crippen molar-refractivity contribution in [3.05, 3.63) is 87.0 Å². The van der Waals surface area contributed by atoms with E-state index in [-0.39, 0.29) is 11.6 Å². The average Bonchev–Trinajstić information content (AvgIpc) is 2.93. The van der Waals surface area contributed by atoms with Crippen LogP contribution in [-0.2, 0) is 6.42 Å². The fourth-order valence-corrected chi connectivity index (χ4v) is 2.40. The molecule has 3 N–H and O–H groups in total. The van der Waals surface area contributed by atoms with Gasteiger partial charge in [-0.25, -0.2) is 0 Å². The molecule has 1 aromatic heterocycles. The molecule has 4 heteroatoms. The maximum absolute atomic E-state index is 11.1. The third-order valence-corrected chi connectivity index (χ3v) is 3.63. The predicted molar refractivity (Wildman–Crippen MR) is 89.0 cm³/mol. The van der Waals surface area contributed by atoms with Crippen molar-refractivity contribution < 1.29 is 0 Å². The van der Waals surface area contributed by atoms with E-state index in [1.165, 1.54) is 11.1 Å². The fourth-order valence-electron chi connectivity index (χ4n) is 2.05. The van der Waals surface area contributed by atoms with Gasteiger partial charge in [0.25, 0.3) is 0 Å². The summed E-state index contributed by atoms with van der Waals surface area (Å²) in [6.45, 7) is 0. The Labute approximate surface area is 127 Å². The zero-order valence-electron chi connectivity index (χ0n) is 11.5. The molecule has 0 fully saturated rings. The molecule has 0 aliphatic carbocycles. The molecule has 0 aliphatic heterocycles. The molecule has 0 amide bonds. The van der Waals surface area contributed by atoms with Gasteiger partial charge in [0.1, 0.15) is 0 Å². The lowest BCUT2D eigenvalue weighted by Crippen LogP contribution is -1.85. The van der Waals surface area contributed by atoms with Crippen molar-refractivity contribution in [3.63, 3.8) is 0 Å². The molecular formula is C17H16N2OS. The van der Waals surface area contributed by atoms with Gasteiger partial charge in [0, 0.05) is 22.3 Å². The highest BCUT2D eigenvalue weighted by Crippen LogP contribution is 2.18. The first-order valence-corrected chi connectivity index (χ1v) is 7.32. The second-order valence-electron chi connectivity index (χ2n) is 4.55. The van der Waals surface area contributed by atoms with Gasteiger partial charge in [-0.05, 0) is 23.6 Å². The van der Waals surface area contributed by atoms with Crippen LogP contribution < -0.4 is 11.6 Å². The lowest BCUT2D eigenvalue weighted by molar-refractivity contribution is 1.20. The van der Waals surface area contributed by atoms with Gasteiger partial charge in [0.15, 0.2) is 5.43 Å². The molecule has 0 radical (unpaired) electrons. The topological polar surface area (TPSA) is 65.0 Å². The van der Waals surface area contributed by atoms with Gasteiger partial charge >= 0.3 is 0 Å². The number of aromatic nitrogens is 1. The van der Waals surface area contributed by atoms with Crippen LogP contribution in [0.4, 0.5) is 0 Å². The first kappa shape index (κ1) is 15.1. The first-order chi connectivity index (χ1) is 9.84. The molecule has 4 rings (SSSR count). The van der Waals surface area contributed by atoms with Crippen LogP contribution in [0.3, 0.4) is 0 Å². The number of fused-ring (bicyclic) bond motifs is 1. The molecule has 0 saturated heterocycles. The van der Waals surface area contributed by atoms with Crippen molar-refractivity contribution in [1.82, 2.24) is 11.1 Å². The third kappa shape index (κ3) is 3.84. The summed E-state index contributed by atoms with van der Waals surface area (Å²) in [6.07, 6.45) is 2.67. The fraction of sp³-hybridized carbons (Fsp3) is 0.0588. The maximum Gasteiger partial charge on any atom is 0.194 e. The van der Waals surface area contributed by atoms with E-state index < -0.39 is 0 Å². The lowest BCUT2D eigenvalue weighted by atomic mass is 10.1. The quantitative estimate of drug-likeness (QED) is 0.608. The number of hydrogen-bond acceptors (Lipinski definition) is 4. The van der Waals surface area contributed by atoms with Crippen LogP contribution in [0.2, 0.25) is 0 Å². The molecule has 0 spiro atoms. The minimum atomic E-state index is 0. The highest BCUT2D eigenvalue weighted by molar-refractivity contribution is 7.07. The van der Waals surface area contributed by atoms with Crippen molar-refractivity contribution in [1.29, 1.82) is 0 Å². The van der Waals surface area contributed by atoms with Gasteiger partial charge in [-0.15, -0.1) is 11.3 Å². The van der Waals surface area contributed by atoms with E-state index in [1.54, 1.807) is 23.0 Å². The van der Waals surface area contributed by atoms with Crippen molar-refractivity contribution in [3.8, 4) is 0 Å². The van der Waals surface area contributed by atoms with Crippen molar-refractivity contribution in [2.45, 2.75) is 6.42 Å². The van der Waals surface area contributed by atoms with E-state index in [4.69, 9.17) is 0 Å². The molecule has 0 unspecified atom stereocenters. The van der Waals surface area contributed by atoms with Gasteiger partial charge in [0.2, 0.25) is 0 Å². The van der Waals surface area contributed by atoms with E-state index >= 15 is 0 Å². The van der Waals surface area contributed by atoms with E-state index in [0.717, 1.165) is 17.2 Å². The summed E-state index contributed by atoms with van der Waals surface area (Å²) in [7, 11) is 0. The summed E-state index contributed by atoms with van der Waals surface area (Å²) >= 11 is 1.60. The van der Waals surface area contributed by atoms with Gasteiger partial charge in [0.05, 0.1) is 5.51 Å². The zero-order chi connectivity index (χ0) is 13.8. The van der Waals surface area contributed by atoms with Crippen LogP contribution in [0.25, 0.3) is 10.8 Å². The lowest BCUT2D eigenvalue weighted by Gasteiger charge is -1.99. The largest absolute Gasteiger partial charge is 0.344 e. The molecule has 4 aromatic rings. The Balaban J connectivity index is 0.000000231. The zero-order valence-corrected chi connectivity index (χ0v) is 12.3. The molecule has 106 valence electrons. The monoisotopic (exact) mass is 296 g/mol. The van der Waals surface area contributed by atoms with E-state index in [2.05, 4.69) is 17.1 Å². The molecule has 3 aromatic carbocycles. The number of hydrogen-bond donors (Lipinski definition) is 1. The van der Waals surface area contributed by atoms with Crippen LogP contribution >= 0.6 is 11.3 Å². The number of benzene rings is 2. The van der Waals surface area contributed by atoms with Gasteiger partial charge < -0.3 is 6.15 Å². The second kappa shape index (κ2) is 6.92. The minimum Gasteiger partial charge on any atom is -0.344 e. The van der Waals surface area contributed by atoms with Crippen LogP contribution in [0.15, 0.2) is 70.4 Å². The number of rotatable bonds is 2. The Morgan fingerprint density at radius 3 is 2.33 bits per heavy atom. The molecule has 0 bridgehead atoms. The predicted octanol–water partition coefficient (Wildman–Crippen LogP) is 3.97. The Morgan fingerprint density at radius 2 is 1.76 bits per heavy atom. The van der Waals surface area contributed by atoms with Gasteiger partial charge in [-0.3, -0.25) is 9.78 Å². The van der Waals surface area contributed by atoms with Crippen molar-refractivity contribution in [2.75, 3.05) is 0 Å². The molecular weight excluding hydrogens is 280 g/mol. The third-order valence-electron chi connectivity index (χ3n) is 3.11. The summed E-state index contributed by atoms with van der Waals surface area (Å²) in [5.74, 6) is 0. The Hall–Kier alpha value is -2.30. The average molecular weight is 296 g/mol. The van der Waals surface area contributed by atoms with Crippen molar-refractivity contribution >= 4 is 22.1 Å². The Bertz CT molecular complexity index is 783. The van der Waals surface area contributed by atoms with E-state index in [9.17, 15) is 4.79 Å². The highest BCUT2D eigenvalue weighted by Gasteiger charge is 2.11. The Morgan fingerprint density at radius 1 is 0.952 bits per heavy atom. The molecule has 3 nitrogen and oxygen atoms in total. The summed E-state index contributed by atoms with van der Waals surface area (Å²) in [6, 6.07) is 16.3. The van der Waals surface area contributed by atoms with Crippen LogP contribution in [0.1, 0.15) is 11.1 Å². The van der Waals surface area contributed by atoms with Crippen LogP contribution in [0.5, 0.6) is 0 Å². The van der Waals surface area contributed by atoms with Gasteiger partial charge in [-0.2, -0.15) is 0 Å². The van der Waals surface area contributed by atoms with Crippen LogP contribution in [0, 0.1) is 0 Å². The molecule has 21 heavy (non-hydrogen) atoms. The molecule has 0 saturated carbocycles. The summed E-state index contributed by atoms with van der Waals surface area (Å²) in [5.41, 5.74) is 4.51. The SMILES string of the molecule is N.O=c1c2ccc(Cc3ccccc3)cc12.c1cscn1. The molecule has 0 atom stereocenters. The number of nitrogens with zero attached hydrogens (tertiary/aromatic N) is 1. The van der Waals surface area contributed by atoms with E-state index in [0.29, 0.717) is 0 Å². The second-order valence-corrected chi connectivity index (χ2v) is 5.30. The molecule has 1 heterocycles. The molecule has 0 aliphatic rings. The normalized spacial score (nSPS) is 9.90. The summed E-state index contributed by atoms with van der Waals surface area (Å²) in [5, 5.41) is 3.73. The standard InChI is InChI=1S/C14H10O.C3H3NS.H3N/c15-14-12-7-6-11(9-13(12)14)8-10-4-2-1-3-5-10;1-2-5-3-4-1;/h1-7,9H,8H2;1-3H;1H3. The number of thiazole rings is 1. The maximum atomic E-state index is 11.1. The minimum absolute atomic E-state index is 0. The van der Waals surface area contributed by atoms with Gasteiger partial charge in [-0.1, -0.05) is 42.5 Å². The van der Waals surface area contributed by atoms with E-state index in [1.807, 2.05) is 41.8 Å². The van der Waals surface area contributed by atoms with Crippen LogP contribution in [-0.4, -0.2) is 4.98 Å². The van der Waals surface area contributed by atoms with Crippen molar-refractivity contribution in [2.24, 2.45) is 0 Å². The smallest absolute Gasteiger partial charge is 0.194 e.